The van der Waals surface area contributed by atoms with Crippen molar-refractivity contribution in [2.45, 2.75) is 19.3 Å². The summed E-state index contributed by atoms with van der Waals surface area (Å²) in [7, 11) is 0. The molecule has 0 radical (unpaired) electrons. The minimum Gasteiger partial charge on any atom is -0.456 e. The van der Waals surface area contributed by atoms with E-state index in [4.69, 9.17) is 9.15 Å². The van der Waals surface area contributed by atoms with Crippen molar-refractivity contribution in [3.63, 3.8) is 0 Å². The third kappa shape index (κ3) is 3.66. The molecular formula is C47H30O2. The van der Waals surface area contributed by atoms with Crippen LogP contribution in [0.1, 0.15) is 25.0 Å². The summed E-state index contributed by atoms with van der Waals surface area (Å²) in [4.78, 5) is 0. The van der Waals surface area contributed by atoms with Gasteiger partial charge >= 0.3 is 0 Å². The van der Waals surface area contributed by atoms with E-state index in [9.17, 15) is 0 Å². The number of furan rings is 1. The first-order chi connectivity index (χ1) is 24.0. The summed E-state index contributed by atoms with van der Waals surface area (Å²) in [6.07, 6.45) is 0. The molecule has 0 saturated heterocycles. The molecule has 8 aromatic carbocycles. The van der Waals surface area contributed by atoms with Crippen LogP contribution in [0.5, 0.6) is 11.5 Å². The third-order valence-electron chi connectivity index (χ3n) is 11.1. The SMILES string of the molecule is CC1(C)c2cc(-c3ccc4c(c3)-c3cccc5cccc(c35)O4)ccc2-c2c1ccc1c(-c3ccc4oc5ccccc5c4c3)cccc21. The highest BCUT2D eigenvalue weighted by Crippen LogP contribution is 2.54. The van der Waals surface area contributed by atoms with E-state index in [-0.39, 0.29) is 5.41 Å². The van der Waals surface area contributed by atoms with Crippen LogP contribution in [0.4, 0.5) is 0 Å². The van der Waals surface area contributed by atoms with E-state index in [1.165, 1.54) is 71.6 Å². The first-order valence-electron chi connectivity index (χ1n) is 17.0. The molecule has 2 nitrogen and oxygen atoms in total. The summed E-state index contributed by atoms with van der Waals surface area (Å²) >= 11 is 0. The Morgan fingerprint density at radius 2 is 1.18 bits per heavy atom. The fraction of sp³-hybridized carbons (Fsp3) is 0.0638. The quantitative estimate of drug-likeness (QED) is 0.190. The second kappa shape index (κ2) is 9.49. The smallest absolute Gasteiger partial charge is 0.135 e. The normalized spacial score (nSPS) is 13.8. The summed E-state index contributed by atoms with van der Waals surface area (Å²) < 4.78 is 12.5. The minimum atomic E-state index is -0.138. The van der Waals surface area contributed by atoms with Gasteiger partial charge in [-0.25, -0.2) is 0 Å². The average Bonchev–Trinajstić information content (AvgIpc) is 3.62. The molecule has 230 valence electrons. The van der Waals surface area contributed by atoms with Crippen LogP contribution in [0.3, 0.4) is 0 Å². The lowest BCUT2D eigenvalue weighted by molar-refractivity contribution is 0.487. The predicted molar refractivity (Wildman–Crippen MR) is 203 cm³/mol. The Labute approximate surface area is 283 Å². The first kappa shape index (κ1) is 26.9. The molecule has 2 aliphatic rings. The number of rotatable bonds is 2. The Hall–Kier alpha value is -6.12. The molecule has 0 spiro atoms. The third-order valence-corrected chi connectivity index (χ3v) is 11.1. The number of hydrogen-bond acceptors (Lipinski definition) is 2. The molecule has 0 fully saturated rings. The van der Waals surface area contributed by atoms with E-state index < -0.39 is 0 Å². The van der Waals surface area contributed by atoms with Crippen LogP contribution in [0, 0.1) is 0 Å². The van der Waals surface area contributed by atoms with E-state index in [0.717, 1.165) is 39.0 Å². The second-order valence-electron chi connectivity index (χ2n) is 14.1. The highest BCUT2D eigenvalue weighted by molar-refractivity contribution is 6.11. The molecule has 9 aromatic rings. The van der Waals surface area contributed by atoms with Crippen LogP contribution >= 0.6 is 0 Å². The molecule has 0 atom stereocenters. The number of benzene rings is 8. The monoisotopic (exact) mass is 626 g/mol. The van der Waals surface area contributed by atoms with Crippen LogP contribution in [-0.2, 0) is 5.41 Å². The van der Waals surface area contributed by atoms with Crippen LogP contribution in [-0.4, -0.2) is 0 Å². The minimum absolute atomic E-state index is 0.138. The molecule has 0 N–H and O–H groups in total. The van der Waals surface area contributed by atoms with Crippen molar-refractivity contribution in [1.29, 1.82) is 0 Å². The van der Waals surface area contributed by atoms with Gasteiger partial charge in [-0.05, 0) is 109 Å². The van der Waals surface area contributed by atoms with Crippen LogP contribution < -0.4 is 4.74 Å². The molecule has 1 aliphatic heterocycles. The Morgan fingerprint density at radius 3 is 2.12 bits per heavy atom. The highest BCUT2D eigenvalue weighted by atomic mass is 16.5. The molecule has 2 heteroatoms. The standard InChI is InChI=1S/C47H30O2/c1-47(2)39-21-20-32-31(30-18-23-42-37(25-30)33-10-3-4-14-41(33)48-42)11-7-13-34(32)46(39)36-19-16-29(26-40(36)47)28-17-22-43-38(24-28)35-12-5-8-27-9-6-15-44(49-43)45(27)35/h3-26H,1-2H3. The Balaban J connectivity index is 1.05. The number of para-hydroxylation sites is 1. The van der Waals surface area contributed by atoms with Crippen molar-refractivity contribution < 1.29 is 9.15 Å². The lowest BCUT2D eigenvalue weighted by Crippen LogP contribution is -2.15. The van der Waals surface area contributed by atoms with Crippen molar-refractivity contribution in [3.05, 3.63) is 157 Å². The summed E-state index contributed by atoms with van der Waals surface area (Å²) in [5.41, 5.74) is 14.4. The molecule has 0 amide bonds. The van der Waals surface area contributed by atoms with Gasteiger partial charge in [0.2, 0.25) is 0 Å². The van der Waals surface area contributed by atoms with E-state index in [2.05, 4.69) is 147 Å². The maximum Gasteiger partial charge on any atom is 0.135 e. The van der Waals surface area contributed by atoms with Crippen molar-refractivity contribution in [2.75, 3.05) is 0 Å². The number of hydrogen-bond donors (Lipinski definition) is 0. The number of ether oxygens (including phenoxy) is 1. The first-order valence-corrected chi connectivity index (χ1v) is 17.0. The Kier molecular flexibility index (Phi) is 5.21. The number of fused-ring (bicyclic) bond motifs is 10. The van der Waals surface area contributed by atoms with Gasteiger partial charge < -0.3 is 9.15 Å². The van der Waals surface area contributed by atoms with Gasteiger partial charge in [0, 0.05) is 27.1 Å². The van der Waals surface area contributed by atoms with Gasteiger partial charge in [0.1, 0.15) is 22.7 Å². The Bertz CT molecular complexity index is 2880. The van der Waals surface area contributed by atoms with Gasteiger partial charge in [0.25, 0.3) is 0 Å². The zero-order valence-electron chi connectivity index (χ0n) is 27.2. The molecule has 2 heterocycles. The molecule has 0 saturated carbocycles. The molecule has 1 aliphatic carbocycles. The lowest BCUT2D eigenvalue weighted by atomic mass is 9.81. The van der Waals surface area contributed by atoms with E-state index in [0.29, 0.717) is 0 Å². The molecule has 11 rings (SSSR count). The van der Waals surface area contributed by atoms with Crippen molar-refractivity contribution in [2.24, 2.45) is 0 Å². The maximum atomic E-state index is 6.40. The van der Waals surface area contributed by atoms with Crippen molar-refractivity contribution in [1.82, 2.24) is 0 Å². The van der Waals surface area contributed by atoms with Crippen molar-refractivity contribution >= 4 is 43.5 Å². The average molecular weight is 627 g/mol. The fourth-order valence-electron chi connectivity index (χ4n) is 8.66. The molecule has 1 aromatic heterocycles. The maximum absolute atomic E-state index is 6.40. The van der Waals surface area contributed by atoms with Gasteiger partial charge in [0.15, 0.2) is 0 Å². The van der Waals surface area contributed by atoms with Crippen LogP contribution in [0.25, 0.3) is 88.0 Å². The van der Waals surface area contributed by atoms with E-state index in [1.807, 2.05) is 12.1 Å². The summed E-state index contributed by atoms with van der Waals surface area (Å²) in [5.74, 6) is 1.84. The predicted octanol–water partition coefficient (Wildman–Crippen LogP) is 13.3. The molecule has 0 unspecified atom stereocenters. The Morgan fingerprint density at radius 1 is 0.429 bits per heavy atom. The van der Waals surface area contributed by atoms with Crippen LogP contribution in [0.15, 0.2) is 150 Å². The van der Waals surface area contributed by atoms with Gasteiger partial charge in [0.05, 0.1) is 0 Å². The fourth-order valence-corrected chi connectivity index (χ4v) is 8.66. The van der Waals surface area contributed by atoms with E-state index in [1.54, 1.807) is 0 Å². The summed E-state index contributed by atoms with van der Waals surface area (Å²) in [6.45, 7) is 4.74. The molecule has 49 heavy (non-hydrogen) atoms. The molecule has 0 bridgehead atoms. The lowest BCUT2D eigenvalue weighted by Gasteiger charge is -2.23. The zero-order chi connectivity index (χ0) is 32.4. The van der Waals surface area contributed by atoms with E-state index >= 15 is 0 Å². The topological polar surface area (TPSA) is 22.4 Å². The zero-order valence-corrected chi connectivity index (χ0v) is 27.2. The van der Waals surface area contributed by atoms with Crippen LogP contribution in [0.2, 0.25) is 0 Å². The van der Waals surface area contributed by atoms with Gasteiger partial charge in [-0.2, -0.15) is 0 Å². The van der Waals surface area contributed by atoms with Gasteiger partial charge in [-0.1, -0.05) is 117 Å². The summed E-state index contributed by atoms with van der Waals surface area (Å²) in [6, 6.07) is 52.8. The second-order valence-corrected chi connectivity index (χ2v) is 14.1. The molecular weight excluding hydrogens is 597 g/mol. The highest BCUT2D eigenvalue weighted by Gasteiger charge is 2.37. The largest absolute Gasteiger partial charge is 0.456 e. The summed E-state index contributed by atoms with van der Waals surface area (Å²) in [5, 5.41) is 7.26. The van der Waals surface area contributed by atoms with Crippen molar-refractivity contribution in [3.8, 4) is 56.0 Å². The van der Waals surface area contributed by atoms with Gasteiger partial charge in [-0.3, -0.25) is 0 Å². The van der Waals surface area contributed by atoms with Gasteiger partial charge in [-0.15, -0.1) is 0 Å².